The number of piperazine rings is 1. The average Bonchev–Trinajstić information content (AvgIpc) is 2.99. The molecule has 128 valence electrons. The van der Waals surface area contributed by atoms with Gasteiger partial charge in [0, 0.05) is 49.7 Å². The molecule has 1 fully saturated rings. The Labute approximate surface area is 142 Å². The van der Waals surface area contributed by atoms with Crippen LogP contribution in [0.15, 0.2) is 29.2 Å². The summed E-state index contributed by atoms with van der Waals surface area (Å²) < 4.78 is 1.60. The summed E-state index contributed by atoms with van der Waals surface area (Å²) in [6, 6.07) is 6.14. The first-order valence-corrected chi connectivity index (χ1v) is 8.97. The van der Waals surface area contributed by atoms with Gasteiger partial charge in [-0.3, -0.25) is 14.8 Å². The molecule has 6 nitrogen and oxygen atoms in total. The van der Waals surface area contributed by atoms with Gasteiger partial charge in [0.1, 0.15) is 0 Å². The van der Waals surface area contributed by atoms with Gasteiger partial charge in [0.15, 0.2) is 5.82 Å². The summed E-state index contributed by atoms with van der Waals surface area (Å²) in [6.45, 7) is 7.88. The lowest BCUT2D eigenvalue weighted by Gasteiger charge is -2.40. The number of aromatic amines is 1. The zero-order chi connectivity index (χ0) is 16.5. The predicted octanol–water partition coefficient (Wildman–Crippen LogP) is 1.06. The lowest BCUT2D eigenvalue weighted by Crippen LogP contribution is -2.51. The zero-order valence-electron chi connectivity index (χ0n) is 14.2. The third-order valence-electron chi connectivity index (χ3n) is 5.49. The first kappa shape index (κ1) is 15.6. The van der Waals surface area contributed by atoms with Gasteiger partial charge in [-0.25, -0.2) is 9.67 Å². The Hall–Kier alpha value is -1.92. The molecule has 0 saturated carbocycles. The molecule has 1 saturated heterocycles. The third-order valence-corrected chi connectivity index (χ3v) is 5.49. The number of aromatic nitrogens is 3. The van der Waals surface area contributed by atoms with E-state index >= 15 is 0 Å². The largest absolute Gasteiger partial charge is 0.301 e. The topological polar surface area (TPSA) is 57.2 Å². The lowest BCUT2D eigenvalue weighted by molar-refractivity contribution is 0.0924. The van der Waals surface area contributed by atoms with Crippen LogP contribution in [0.25, 0.3) is 5.82 Å². The maximum atomic E-state index is 12.8. The summed E-state index contributed by atoms with van der Waals surface area (Å²) in [5, 5.41) is 3.27. The number of hydrogen-bond donors (Lipinski definition) is 1. The highest BCUT2D eigenvalue weighted by Gasteiger charge is 2.30. The maximum Gasteiger partial charge on any atom is 0.276 e. The molecular weight excluding hydrogens is 302 g/mol. The van der Waals surface area contributed by atoms with Crippen molar-refractivity contribution in [2.24, 2.45) is 0 Å². The second-order valence-electron chi connectivity index (χ2n) is 6.76. The monoisotopic (exact) mass is 327 g/mol. The molecule has 2 aliphatic rings. The van der Waals surface area contributed by atoms with Crippen molar-refractivity contribution in [2.45, 2.75) is 32.2 Å². The first-order chi connectivity index (χ1) is 11.8. The quantitative estimate of drug-likeness (QED) is 0.916. The van der Waals surface area contributed by atoms with E-state index < -0.39 is 0 Å². The molecule has 0 aromatic carbocycles. The second-order valence-corrected chi connectivity index (χ2v) is 6.76. The van der Waals surface area contributed by atoms with Crippen LogP contribution in [-0.4, -0.2) is 63.3 Å². The molecular formula is C18H25N5O. The van der Waals surface area contributed by atoms with Crippen LogP contribution in [0.4, 0.5) is 0 Å². The molecule has 2 aromatic rings. The molecule has 0 spiro atoms. The number of hydrogen-bond acceptors (Lipinski definition) is 4. The Morgan fingerprint density at radius 3 is 2.79 bits per heavy atom. The number of fused-ring (bicyclic) bond motifs is 1. The molecule has 0 amide bonds. The van der Waals surface area contributed by atoms with E-state index in [0.717, 1.165) is 63.2 Å². The predicted molar refractivity (Wildman–Crippen MR) is 93.7 cm³/mol. The first-order valence-electron chi connectivity index (χ1n) is 8.97. The Morgan fingerprint density at radius 1 is 1.25 bits per heavy atom. The number of aryl methyl sites for hydroxylation is 1. The van der Waals surface area contributed by atoms with Crippen LogP contribution in [0, 0.1) is 0 Å². The lowest BCUT2D eigenvalue weighted by atomic mass is 9.92. The summed E-state index contributed by atoms with van der Waals surface area (Å²) in [5.74, 6) is 0.671. The molecule has 1 unspecified atom stereocenters. The molecule has 1 N–H and O–H groups in total. The van der Waals surface area contributed by atoms with Crippen molar-refractivity contribution in [3.63, 3.8) is 0 Å². The van der Waals surface area contributed by atoms with E-state index in [2.05, 4.69) is 26.8 Å². The average molecular weight is 327 g/mol. The molecule has 1 aliphatic carbocycles. The van der Waals surface area contributed by atoms with Crippen LogP contribution in [0.5, 0.6) is 0 Å². The minimum atomic E-state index is 0.0700. The van der Waals surface area contributed by atoms with Gasteiger partial charge in [0.2, 0.25) is 0 Å². The highest BCUT2D eigenvalue weighted by atomic mass is 16.1. The van der Waals surface area contributed by atoms with Gasteiger partial charge in [0.25, 0.3) is 5.56 Å². The van der Waals surface area contributed by atoms with Gasteiger partial charge in [-0.1, -0.05) is 13.0 Å². The minimum absolute atomic E-state index is 0.0700. The Balaban J connectivity index is 1.53. The van der Waals surface area contributed by atoms with E-state index in [1.54, 1.807) is 10.9 Å². The van der Waals surface area contributed by atoms with Crippen LogP contribution in [-0.2, 0) is 12.8 Å². The van der Waals surface area contributed by atoms with Gasteiger partial charge < -0.3 is 4.90 Å². The van der Waals surface area contributed by atoms with Crippen LogP contribution >= 0.6 is 0 Å². The maximum absolute atomic E-state index is 12.8. The molecule has 6 heteroatoms. The van der Waals surface area contributed by atoms with Gasteiger partial charge in [-0.2, -0.15) is 0 Å². The number of H-pyrrole nitrogens is 1. The molecule has 2 aromatic heterocycles. The molecule has 1 aliphatic heterocycles. The molecule has 3 heterocycles. The Morgan fingerprint density at radius 2 is 2.08 bits per heavy atom. The molecule has 1 atom stereocenters. The van der Waals surface area contributed by atoms with E-state index in [1.165, 1.54) is 0 Å². The van der Waals surface area contributed by atoms with Crippen molar-refractivity contribution in [3.05, 3.63) is 46.0 Å². The second kappa shape index (κ2) is 6.53. The summed E-state index contributed by atoms with van der Waals surface area (Å²) in [4.78, 5) is 22.2. The Kier molecular flexibility index (Phi) is 4.24. The zero-order valence-corrected chi connectivity index (χ0v) is 14.2. The van der Waals surface area contributed by atoms with E-state index in [-0.39, 0.29) is 5.56 Å². The summed E-state index contributed by atoms with van der Waals surface area (Å²) in [6.07, 6.45) is 4.65. The van der Waals surface area contributed by atoms with Crippen LogP contribution in [0.3, 0.4) is 0 Å². The summed E-state index contributed by atoms with van der Waals surface area (Å²) in [7, 11) is 0. The number of nitrogens with one attached hydrogen (secondary N) is 1. The molecule has 24 heavy (non-hydrogen) atoms. The number of likely N-dealkylation sites (N-methyl/N-ethyl adjacent to an activating group) is 1. The summed E-state index contributed by atoms with van der Waals surface area (Å²) in [5.41, 5.74) is 2.12. The van der Waals surface area contributed by atoms with Crippen molar-refractivity contribution in [1.82, 2.24) is 24.6 Å². The van der Waals surface area contributed by atoms with Crippen molar-refractivity contribution in [1.29, 1.82) is 0 Å². The van der Waals surface area contributed by atoms with E-state index in [0.29, 0.717) is 11.9 Å². The fourth-order valence-corrected chi connectivity index (χ4v) is 3.99. The van der Waals surface area contributed by atoms with Gasteiger partial charge >= 0.3 is 0 Å². The molecule has 4 rings (SSSR count). The standard InChI is InChI=1S/C18H25N5O/c1-2-21-9-11-22(12-10-21)14-6-7-16-15(13-14)18(24)23(20-16)17-5-3-4-8-19-17/h3-5,8,14,20H,2,6-7,9-13H2,1H3. The van der Waals surface area contributed by atoms with Crippen LogP contribution < -0.4 is 5.56 Å². The van der Waals surface area contributed by atoms with Gasteiger partial charge in [-0.15, -0.1) is 0 Å². The fraction of sp³-hybridized carbons (Fsp3) is 0.556. The van der Waals surface area contributed by atoms with Crippen molar-refractivity contribution in [2.75, 3.05) is 32.7 Å². The highest BCUT2D eigenvalue weighted by molar-refractivity contribution is 5.28. The fourth-order valence-electron chi connectivity index (χ4n) is 3.99. The van der Waals surface area contributed by atoms with E-state index in [1.807, 2.05) is 18.2 Å². The third kappa shape index (κ3) is 2.80. The van der Waals surface area contributed by atoms with Crippen molar-refractivity contribution < 1.29 is 0 Å². The number of pyridine rings is 1. The number of nitrogens with zero attached hydrogens (tertiary/aromatic N) is 4. The smallest absolute Gasteiger partial charge is 0.276 e. The normalized spacial score (nSPS) is 22.5. The van der Waals surface area contributed by atoms with Crippen molar-refractivity contribution in [3.8, 4) is 5.82 Å². The van der Waals surface area contributed by atoms with Crippen molar-refractivity contribution >= 4 is 0 Å². The van der Waals surface area contributed by atoms with E-state index in [4.69, 9.17) is 0 Å². The Bertz CT molecular complexity index is 743. The van der Waals surface area contributed by atoms with E-state index in [9.17, 15) is 4.79 Å². The van der Waals surface area contributed by atoms with Gasteiger partial charge in [-0.05, 0) is 37.9 Å². The molecule has 0 radical (unpaired) electrons. The number of rotatable bonds is 3. The minimum Gasteiger partial charge on any atom is -0.301 e. The summed E-state index contributed by atoms with van der Waals surface area (Å²) >= 11 is 0. The van der Waals surface area contributed by atoms with Gasteiger partial charge in [0.05, 0.1) is 0 Å². The SMILES string of the molecule is CCN1CCN(C2CCc3[nH]n(-c4ccccn4)c(=O)c3C2)CC1. The van der Waals surface area contributed by atoms with Crippen LogP contribution in [0.1, 0.15) is 24.6 Å². The molecule has 0 bridgehead atoms. The highest BCUT2D eigenvalue weighted by Crippen LogP contribution is 2.23. The van der Waals surface area contributed by atoms with Crippen LogP contribution in [0.2, 0.25) is 0 Å².